The second-order valence-electron chi connectivity index (χ2n) is 5.87. The molecule has 0 unspecified atom stereocenters. The molecule has 0 saturated heterocycles. The lowest BCUT2D eigenvalue weighted by Gasteiger charge is -2.10. The molecule has 0 aliphatic heterocycles. The van der Waals surface area contributed by atoms with Crippen molar-refractivity contribution in [1.29, 1.82) is 0 Å². The molecule has 0 atom stereocenters. The Morgan fingerprint density at radius 1 is 1.04 bits per heavy atom. The molecule has 0 bridgehead atoms. The summed E-state index contributed by atoms with van der Waals surface area (Å²) in [7, 11) is 0. The van der Waals surface area contributed by atoms with Crippen molar-refractivity contribution in [2.45, 2.75) is 33.2 Å². The molecule has 1 amide bonds. The predicted octanol–water partition coefficient (Wildman–Crippen LogP) is 3.90. The van der Waals surface area contributed by atoms with Gasteiger partial charge in [0.25, 0.3) is 5.91 Å². The molecular weight excluding hydrogens is 302 g/mol. The molecule has 0 aliphatic rings. The number of hydrogen-bond acceptors (Lipinski definition) is 3. The molecule has 24 heavy (non-hydrogen) atoms. The molecule has 0 fully saturated rings. The summed E-state index contributed by atoms with van der Waals surface area (Å²) in [6, 6.07) is 15.5. The molecular formula is C20H25NO3. The second-order valence-corrected chi connectivity index (χ2v) is 5.87. The molecule has 4 heteroatoms. The smallest absolute Gasteiger partial charge is 0.258 e. The number of carbonyl (C=O) groups is 1. The van der Waals surface area contributed by atoms with Crippen molar-refractivity contribution < 1.29 is 14.3 Å². The highest BCUT2D eigenvalue weighted by Gasteiger charge is 2.05. The number of rotatable bonds is 8. The van der Waals surface area contributed by atoms with E-state index in [1.807, 2.05) is 55.5 Å². The highest BCUT2D eigenvalue weighted by molar-refractivity contribution is 5.77. The zero-order valence-electron chi connectivity index (χ0n) is 14.5. The molecule has 2 aromatic rings. The number of ether oxygens (including phenoxy) is 2. The van der Waals surface area contributed by atoms with Gasteiger partial charge in [0.05, 0.1) is 6.61 Å². The fourth-order valence-electron chi connectivity index (χ4n) is 2.26. The van der Waals surface area contributed by atoms with Gasteiger partial charge in [0, 0.05) is 6.54 Å². The van der Waals surface area contributed by atoms with Crippen LogP contribution >= 0.6 is 0 Å². The van der Waals surface area contributed by atoms with Crippen LogP contribution in [0, 0.1) is 0 Å². The molecule has 2 aromatic carbocycles. The largest absolute Gasteiger partial charge is 0.494 e. The topological polar surface area (TPSA) is 47.6 Å². The van der Waals surface area contributed by atoms with Gasteiger partial charge in [-0.15, -0.1) is 0 Å². The van der Waals surface area contributed by atoms with Gasteiger partial charge in [-0.25, -0.2) is 0 Å². The van der Waals surface area contributed by atoms with Gasteiger partial charge in [-0.1, -0.05) is 38.1 Å². The van der Waals surface area contributed by atoms with E-state index in [1.165, 1.54) is 5.56 Å². The number of hydrogen-bond donors (Lipinski definition) is 1. The van der Waals surface area contributed by atoms with E-state index in [4.69, 9.17) is 9.47 Å². The molecule has 1 N–H and O–H groups in total. The zero-order valence-corrected chi connectivity index (χ0v) is 14.5. The predicted molar refractivity (Wildman–Crippen MR) is 95.5 cm³/mol. The van der Waals surface area contributed by atoms with Crippen LogP contribution < -0.4 is 14.8 Å². The maximum absolute atomic E-state index is 11.9. The quantitative estimate of drug-likeness (QED) is 0.800. The minimum absolute atomic E-state index is 0.00613. The fraction of sp³-hybridized carbons (Fsp3) is 0.350. The van der Waals surface area contributed by atoms with E-state index in [9.17, 15) is 4.79 Å². The third kappa shape index (κ3) is 5.61. The number of carbonyl (C=O) groups excluding carboxylic acids is 1. The molecule has 0 aliphatic carbocycles. The van der Waals surface area contributed by atoms with E-state index in [0.29, 0.717) is 24.8 Å². The number of amides is 1. The number of benzene rings is 2. The maximum Gasteiger partial charge on any atom is 0.258 e. The summed E-state index contributed by atoms with van der Waals surface area (Å²) >= 11 is 0. The van der Waals surface area contributed by atoms with Crippen molar-refractivity contribution in [1.82, 2.24) is 5.32 Å². The molecule has 0 radical (unpaired) electrons. The molecule has 0 heterocycles. The molecule has 2 rings (SSSR count). The average Bonchev–Trinajstić information content (AvgIpc) is 2.59. The Balaban J connectivity index is 1.78. The monoisotopic (exact) mass is 327 g/mol. The molecule has 128 valence electrons. The van der Waals surface area contributed by atoms with Crippen LogP contribution in [0.4, 0.5) is 0 Å². The highest BCUT2D eigenvalue weighted by atomic mass is 16.5. The normalized spacial score (nSPS) is 10.5. The fourth-order valence-corrected chi connectivity index (χ4v) is 2.26. The summed E-state index contributed by atoms with van der Waals surface area (Å²) in [4.78, 5) is 11.9. The van der Waals surface area contributed by atoms with E-state index in [-0.39, 0.29) is 12.5 Å². The summed E-state index contributed by atoms with van der Waals surface area (Å²) in [5.74, 6) is 1.85. The Kier molecular flexibility index (Phi) is 6.67. The number of nitrogens with one attached hydrogen (secondary N) is 1. The van der Waals surface area contributed by atoms with Gasteiger partial charge in [0.1, 0.15) is 11.5 Å². The first-order chi connectivity index (χ1) is 11.6. The minimum atomic E-state index is -0.148. The maximum atomic E-state index is 11.9. The summed E-state index contributed by atoms with van der Waals surface area (Å²) in [6.45, 7) is 7.31. The van der Waals surface area contributed by atoms with Crippen molar-refractivity contribution >= 4 is 5.91 Å². The van der Waals surface area contributed by atoms with Gasteiger partial charge >= 0.3 is 0 Å². The molecule has 0 aromatic heterocycles. The SMILES string of the molecule is CCOc1cccc(CNC(=O)COc2ccc(C(C)C)cc2)c1. The van der Waals surface area contributed by atoms with Gasteiger partial charge in [0.2, 0.25) is 0 Å². The van der Waals surface area contributed by atoms with E-state index in [0.717, 1.165) is 11.3 Å². The highest BCUT2D eigenvalue weighted by Crippen LogP contribution is 2.18. The Bertz CT molecular complexity index is 650. The lowest BCUT2D eigenvalue weighted by molar-refractivity contribution is -0.123. The van der Waals surface area contributed by atoms with Crippen molar-refractivity contribution in [3.05, 3.63) is 59.7 Å². The third-order valence-electron chi connectivity index (χ3n) is 3.62. The standard InChI is InChI=1S/C20H25NO3/c1-4-23-19-7-5-6-16(12-19)13-21-20(22)14-24-18-10-8-17(9-11-18)15(2)3/h5-12,15H,4,13-14H2,1-3H3,(H,21,22). The second kappa shape index (κ2) is 8.96. The van der Waals surface area contributed by atoms with Crippen LogP contribution in [0.15, 0.2) is 48.5 Å². The summed E-state index contributed by atoms with van der Waals surface area (Å²) in [5, 5.41) is 2.85. The van der Waals surface area contributed by atoms with Gasteiger partial charge in [-0.2, -0.15) is 0 Å². The average molecular weight is 327 g/mol. The third-order valence-corrected chi connectivity index (χ3v) is 3.62. The van der Waals surface area contributed by atoms with Crippen molar-refractivity contribution in [2.24, 2.45) is 0 Å². The van der Waals surface area contributed by atoms with Crippen molar-refractivity contribution in [3.8, 4) is 11.5 Å². The van der Waals surface area contributed by atoms with Gasteiger partial charge in [0.15, 0.2) is 6.61 Å². The van der Waals surface area contributed by atoms with Gasteiger partial charge in [-0.05, 0) is 48.2 Å². The van der Waals surface area contributed by atoms with Gasteiger partial charge in [-0.3, -0.25) is 4.79 Å². The molecule has 0 saturated carbocycles. The summed E-state index contributed by atoms with van der Waals surface area (Å²) < 4.78 is 11.0. The first-order valence-corrected chi connectivity index (χ1v) is 8.29. The molecule has 4 nitrogen and oxygen atoms in total. The Morgan fingerprint density at radius 3 is 2.46 bits per heavy atom. The van der Waals surface area contributed by atoms with Crippen LogP contribution in [0.5, 0.6) is 11.5 Å². The van der Waals surface area contributed by atoms with Crippen molar-refractivity contribution in [3.63, 3.8) is 0 Å². The lowest BCUT2D eigenvalue weighted by atomic mass is 10.0. The van der Waals surface area contributed by atoms with E-state index in [2.05, 4.69) is 19.2 Å². The van der Waals surface area contributed by atoms with E-state index in [1.54, 1.807) is 0 Å². The zero-order chi connectivity index (χ0) is 17.4. The molecule has 0 spiro atoms. The van der Waals surface area contributed by atoms with Crippen LogP contribution in [-0.4, -0.2) is 19.1 Å². The van der Waals surface area contributed by atoms with Crippen LogP contribution in [0.3, 0.4) is 0 Å². The summed E-state index contributed by atoms with van der Waals surface area (Å²) in [6.07, 6.45) is 0. The Hall–Kier alpha value is -2.49. The van der Waals surface area contributed by atoms with Crippen LogP contribution in [0.2, 0.25) is 0 Å². The minimum Gasteiger partial charge on any atom is -0.494 e. The van der Waals surface area contributed by atoms with Crippen LogP contribution in [-0.2, 0) is 11.3 Å². The first-order valence-electron chi connectivity index (χ1n) is 8.29. The van der Waals surface area contributed by atoms with Crippen LogP contribution in [0.1, 0.15) is 37.8 Å². The summed E-state index contributed by atoms with van der Waals surface area (Å²) in [5.41, 5.74) is 2.25. The van der Waals surface area contributed by atoms with Gasteiger partial charge < -0.3 is 14.8 Å². The Labute approximate surface area is 143 Å². The van der Waals surface area contributed by atoms with E-state index < -0.39 is 0 Å². The van der Waals surface area contributed by atoms with E-state index >= 15 is 0 Å². The first kappa shape index (κ1) is 17.9. The van der Waals surface area contributed by atoms with Crippen molar-refractivity contribution in [2.75, 3.05) is 13.2 Å². The lowest BCUT2D eigenvalue weighted by Crippen LogP contribution is -2.28. The Morgan fingerprint density at radius 2 is 1.79 bits per heavy atom. The van der Waals surface area contributed by atoms with Crippen LogP contribution in [0.25, 0.3) is 0 Å².